The third-order valence-electron chi connectivity index (χ3n) is 1.70. The third-order valence-corrected chi connectivity index (χ3v) is 1.94. The number of allylic oxidation sites excluding steroid dienone is 1. The predicted molar refractivity (Wildman–Crippen MR) is 60.4 cm³/mol. The third kappa shape index (κ3) is 3.07. The van der Waals surface area contributed by atoms with E-state index < -0.39 is 0 Å². The van der Waals surface area contributed by atoms with E-state index >= 15 is 0 Å². The molecule has 0 radical (unpaired) electrons. The van der Waals surface area contributed by atoms with Crippen LogP contribution in [0.1, 0.15) is 12.5 Å². The summed E-state index contributed by atoms with van der Waals surface area (Å²) in [6.07, 6.45) is 2.78. The van der Waals surface area contributed by atoms with Crippen molar-refractivity contribution in [2.24, 2.45) is 0 Å². The molecular formula is C11H16OSi. The largest absolute Gasteiger partial charge is 0.495 e. The molecule has 13 heavy (non-hydrogen) atoms. The highest BCUT2D eigenvalue weighted by Gasteiger charge is 2.02. The van der Waals surface area contributed by atoms with E-state index in [1.165, 1.54) is 5.56 Å². The molecular weight excluding hydrogens is 176 g/mol. The van der Waals surface area contributed by atoms with Gasteiger partial charge in [-0.3, -0.25) is 0 Å². The van der Waals surface area contributed by atoms with Gasteiger partial charge in [0.15, 0.2) is 0 Å². The van der Waals surface area contributed by atoms with Crippen LogP contribution in [0, 0.1) is 0 Å². The maximum atomic E-state index is 5.71. The van der Waals surface area contributed by atoms with Crippen LogP contribution >= 0.6 is 0 Å². The van der Waals surface area contributed by atoms with Crippen LogP contribution in [-0.4, -0.2) is 16.0 Å². The first-order chi connectivity index (χ1) is 6.24. The molecule has 0 aromatic heterocycles. The maximum Gasteiger partial charge on any atom is 0.122 e. The van der Waals surface area contributed by atoms with Crippen molar-refractivity contribution in [1.29, 1.82) is 0 Å². The van der Waals surface area contributed by atoms with E-state index in [-0.39, 0.29) is 0 Å². The topological polar surface area (TPSA) is 9.23 Å². The molecule has 0 N–H and O–H groups in total. The zero-order valence-corrected chi connectivity index (χ0v) is 10.3. The first-order valence-electron chi connectivity index (χ1n) is 4.59. The van der Waals surface area contributed by atoms with Crippen molar-refractivity contribution in [2.75, 3.05) is 0 Å². The van der Waals surface area contributed by atoms with E-state index in [1.54, 1.807) is 0 Å². The molecule has 1 nitrogen and oxygen atoms in total. The zero-order chi connectivity index (χ0) is 9.68. The molecule has 0 spiro atoms. The smallest absolute Gasteiger partial charge is 0.122 e. The van der Waals surface area contributed by atoms with Gasteiger partial charge >= 0.3 is 0 Å². The average molecular weight is 192 g/mol. The summed E-state index contributed by atoms with van der Waals surface area (Å²) in [6, 6.07) is 8.14. The number of hydrogen-bond donors (Lipinski definition) is 0. The van der Waals surface area contributed by atoms with Crippen LogP contribution in [0.5, 0.6) is 5.75 Å². The zero-order valence-electron chi connectivity index (χ0n) is 8.29. The minimum atomic E-state index is 0.367. The van der Waals surface area contributed by atoms with Crippen molar-refractivity contribution in [3.05, 3.63) is 42.5 Å². The van der Waals surface area contributed by atoms with Gasteiger partial charge in [0.1, 0.15) is 5.75 Å². The van der Waals surface area contributed by atoms with Crippen LogP contribution in [0.3, 0.4) is 0 Å². The Balaban J connectivity index is 2.83. The van der Waals surface area contributed by atoms with Crippen molar-refractivity contribution in [1.82, 2.24) is 0 Å². The highest BCUT2D eigenvalue weighted by molar-refractivity contribution is 6.10. The molecule has 0 aliphatic carbocycles. The lowest BCUT2D eigenvalue weighted by atomic mass is 10.1. The Bertz CT molecular complexity index is 281. The van der Waals surface area contributed by atoms with Crippen LogP contribution < -0.4 is 4.74 Å². The Morgan fingerprint density at radius 3 is 2.85 bits per heavy atom. The van der Waals surface area contributed by atoms with Crippen molar-refractivity contribution in [2.45, 2.75) is 19.1 Å². The van der Waals surface area contributed by atoms with Crippen LogP contribution in [0.2, 0.25) is 0 Å². The van der Waals surface area contributed by atoms with Gasteiger partial charge in [-0.25, -0.2) is 0 Å². The van der Waals surface area contributed by atoms with Crippen LogP contribution in [-0.2, 0) is 6.42 Å². The minimum absolute atomic E-state index is 0.367. The van der Waals surface area contributed by atoms with Crippen molar-refractivity contribution in [3.8, 4) is 5.75 Å². The van der Waals surface area contributed by atoms with Gasteiger partial charge in [-0.2, -0.15) is 0 Å². The van der Waals surface area contributed by atoms with Gasteiger partial charge in [0.2, 0.25) is 0 Å². The summed E-state index contributed by atoms with van der Waals surface area (Å²) in [4.78, 5) is 0. The van der Waals surface area contributed by atoms with Gasteiger partial charge in [-0.05, 0) is 25.0 Å². The van der Waals surface area contributed by atoms with E-state index in [1.807, 2.05) is 24.3 Å². The van der Waals surface area contributed by atoms with Gasteiger partial charge < -0.3 is 4.74 Å². The minimum Gasteiger partial charge on any atom is -0.495 e. The molecule has 1 aromatic rings. The van der Waals surface area contributed by atoms with Gasteiger partial charge in [-0.15, -0.1) is 6.58 Å². The molecule has 1 unspecified atom stereocenters. The Kier molecular flexibility index (Phi) is 3.77. The number of para-hydroxylation sites is 1. The molecule has 1 atom stereocenters. The second-order valence-corrected chi connectivity index (χ2v) is 4.89. The highest BCUT2D eigenvalue weighted by atomic mass is 28.1. The van der Waals surface area contributed by atoms with Gasteiger partial charge in [0.05, 0.1) is 16.0 Å². The first-order valence-corrected chi connectivity index (χ1v) is 5.75. The van der Waals surface area contributed by atoms with E-state index in [2.05, 4.69) is 19.6 Å². The molecule has 2 heteroatoms. The van der Waals surface area contributed by atoms with Gasteiger partial charge in [0, 0.05) is 0 Å². The standard InChI is InChI=1S/C11H16OSi/c1-3-6-10-7-4-5-8-11(10)12-9(2)13/h3-5,7-9H,1,6H2,2,13H3. The monoisotopic (exact) mass is 192 g/mol. The molecule has 1 rings (SSSR count). The quantitative estimate of drug-likeness (QED) is 0.519. The Morgan fingerprint density at radius 2 is 2.23 bits per heavy atom. The number of ether oxygens (including phenoxy) is 1. The van der Waals surface area contributed by atoms with E-state index in [0.717, 1.165) is 22.4 Å². The molecule has 0 aliphatic rings. The second kappa shape index (κ2) is 4.87. The molecule has 0 saturated heterocycles. The van der Waals surface area contributed by atoms with Crippen molar-refractivity contribution in [3.63, 3.8) is 0 Å². The predicted octanol–water partition coefficient (Wildman–Crippen LogP) is 1.51. The number of rotatable bonds is 4. The van der Waals surface area contributed by atoms with Gasteiger partial charge in [-0.1, -0.05) is 24.3 Å². The lowest BCUT2D eigenvalue weighted by Crippen LogP contribution is -2.11. The summed E-state index contributed by atoms with van der Waals surface area (Å²) in [5.74, 6) is 1.00. The Labute approximate surface area is 82.9 Å². The Hall–Kier alpha value is -1.02. The molecule has 0 saturated carbocycles. The second-order valence-electron chi connectivity index (χ2n) is 3.27. The fraction of sp³-hybridized carbons (Fsp3) is 0.273. The summed E-state index contributed by atoms with van der Waals surface area (Å²) >= 11 is 0. The fourth-order valence-electron chi connectivity index (χ4n) is 1.20. The molecule has 0 aliphatic heterocycles. The molecule has 0 heterocycles. The fourth-order valence-corrected chi connectivity index (χ4v) is 1.45. The number of hydrogen-bond acceptors (Lipinski definition) is 1. The van der Waals surface area contributed by atoms with Crippen LogP contribution in [0.25, 0.3) is 0 Å². The Morgan fingerprint density at radius 1 is 1.54 bits per heavy atom. The normalized spacial score (nSPS) is 12.4. The van der Waals surface area contributed by atoms with E-state index in [4.69, 9.17) is 4.74 Å². The van der Waals surface area contributed by atoms with Crippen molar-refractivity contribution >= 4 is 10.2 Å². The number of benzene rings is 1. The maximum absolute atomic E-state index is 5.71. The SMILES string of the molecule is C=CCc1ccccc1OC(C)[SiH3]. The van der Waals surface area contributed by atoms with E-state index in [9.17, 15) is 0 Å². The summed E-state index contributed by atoms with van der Waals surface area (Å²) < 4.78 is 5.71. The lowest BCUT2D eigenvalue weighted by Gasteiger charge is -2.12. The molecule has 1 aromatic carbocycles. The van der Waals surface area contributed by atoms with Crippen molar-refractivity contribution < 1.29 is 4.74 Å². The summed E-state index contributed by atoms with van der Waals surface area (Å²) in [7, 11) is 1.06. The molecule has 0 amide bonds. The molecule has 0 bridgehead atoms. The summed E-state index contributed by atoms with van der Waals surface area (Å²) in [6.45, 7) is 5.82. The first kappa shape index (κ1) is 10.1. The van der Waals surface area contributed by atoms with Gasteiger partial charge in [0.25, 0.3) is 0 Å². The molecule has 0 fully saturated rings. The highest BCUT2D eigenvalue weighted by Crippen LogP contribution is 2.19. The van der Waals surface area contributed by atoms with E-state index in [0.29, 0.717) is 5.73 Å². The van der Waals surface area contributed by atoms with Crippen LogP contribution in [0.4, 0.5) is 0 Å². The lowest BCUT2D eigenvalue weighted by molar-refractivity contribution is 0.298. The average Bonchev–Trinajstić information content (AvgIpc) is 2.08. The van der Waals surface area contributed by atoms with Crippen LogP contribution in [0.15, 0.2) is 36.9 Å². The summed E-state index contributed by atoms with van der Waals surface area (Å²) in [5.41, 5.74) is 1.59. The molecule has 70 valence electrons. The summed E-state index contributed by atoms with van der Waals surface area (Å²) in [5, 5.41) is 0.